The standard InChI is InChI=1S/C5H13N10O5P3S/c6-21(7,16)19-3-1-2(13-4(12-1)20-22(8,9)17)14-5(15-3)24-23(10,11)18/h(H4,6,7,16)(H4,8,9,17)(H4,10,11,18)(H,12,13,14,15)/p+1. The van der Waals surface area contributed by atoms with Crippen LogP contribution in [0.25, 0.3) is 11.2 Å². The Labute approximate surface area is 137 Å². The lowest BCUT2D eigenvalue weighted by molar-refractivity contribution is -0.439. The number of hydrogen-bond acceptors (Lipinski definition) is 8. The lowest BCUT2D eigenvalue weighted by atomic mass is 10.5. The molecule has 19 heteroatoms. The molecule has 0 amide bonds. The van der Waals surface area contributed by atoms with Gasteiger partial charge in [0.1, 0.15) is 0 Å². The highest BCUT2D eigenvalue weighted by Crippen LogP contribution is 2.46. The monoisotopic (exact) mass is 419 g/mol. The van der Waals surface area contributed by atoms with Crippen molar-refractivity contribution >= 4 is 44.5 Å². The van der Waals surface area contributed by atoms with Crippen molar-refractivity contribution in [3.8, 4) is 11.9 Å². The van der Waals surface area contributed by atoms with Gasteiger partial charge in [-0.05, 0) is 4.98 Å². The van der Waals surface area contributed by atoms with Crippen molar-refractivity contribution in [1.82, 2.24) is 15.0 Å². The topological polar surface area (TPSA) is 282 Å². The number of nitrogens with two attached hydrogens (primary N) is 6. The molecule has 2 rings (SSSR count). The molecule has 0 aliphatic carbocycles. The molecule has 14 N–H and O–H groups in total. The molecule has 0 radical (unpaired) electrons. The highest BCUT2D eigenvalue weighted by Gasteiger charge is 2.29. The van der Waals surface area contributed by atoms with Crippen LogP contribution in [-0.2, 0) is 13.7 Å². The Kier molecular flexibility index (Phi) is 5.10. The van der Waals surface area contributed by atoms with Crippen LogP contribution in [0.15, 0.2) is 5.16 Å². The molecule has 0 aromatic carbocycles. The third kappa shape index (κ3) is 5.79. The number of H-pyrrole nitrogens is 2. The second-order valence-electron chi connectivity index (χ2n) is 4.32. The smallest absolute Gasteiger partial charge is 0.387 e. The normalized spacial score (nSPS) is 13.2. The highest BCUT2D eigenvalue weighted by molar-refractivity contribution is 8.56. The second kappa shape index (κ2) is 6.35. The maximum Gasteiger partial charge on any atom is 0.387 e. The summed E-state index contributed by atoms with van der Waals surface area (Å²) in [7, 11) is -7.90. The first-order valence-corrected chi connectivity index (χ1v) is 12.4. The number of aromatic amines is 2. The summed E-state index contributed by atoms with van der Waals surface area (Å²) in [4.78, 5) is 12.7. The molecular weight excluding hydrogens is 405 g/mol. The number of hydrogen-bond donors (Lipinski definition) is 7. The van der Waals surface area contributed by atoms with E-state index in [1.165, 1.54) is 0 Å². The number of nitrogens with one attached hydrogen (secondary N) is 2. The van der Waals surface area contributed by atoms with E-state index in [4.69, 9.17) is 42.1 Å². The minimum Gasteiger partial charge on any atom is -0.388 e. The molecule has 2 heterocycles. The molecule has 134 valence electrons. The van der Waals surface area contributed by atoms with Gasteiger partial charge in [-0.1, -0.05) is 0 Å². The first-order valence-electron chi connectivity index (χ1n) is 5.65. The molecule has 2 aromatic heterocycles. The second-order valence-corrected chi connectivity index (χ2v) is 11.4. The number of fused-ring (bicyclic) bond motifs is 1. The first kappa shape index (κ1) is 19.3. The summed E-state index contributed by atoms with van der Waals surface area (Å²) in [5.41, 5.74) is 30.8. The summed E-state index contributed by atoms with van der Waals surface area (Å²) in [5.74, 6) is -0.296. The summed E-state index contributed by atoms with van der Waals surface area (Å²) in [6, 6.07) is -0.376. The zero-order chi connectivity index (χ0) is 18.3. The fourth-order valence-electron chi connectivity index (χ4n) is 1.43. The molecule has 2 aromatic rings. The van der Waals surface area contributed by atoms with E-state index in [2.05, 4.69) is 19.9 Å². The molecule has 0 unspecified atom stereocenters. The van der Waals surface area contributed by atoms with Gasteiger partial charge in [-0.15, -0.1) is 0 Å². The van der Waals surface area contributed by atoms with Crippen molar-refractivity contribution in [3.05, 3.63) is 0 Å². The lowest BCUT2D eigenvalue weighted by Gasteiger charge is -2.07. The fourth-order valence-corrected chi connectivity index (χ4v) is 3.82. The summed E-state index contributed by atoms with van der Waals surface area (Å²) < 4.78 is 43.9. The summed E-state index contributed by atoms with van der Waals surface area (Å²) in [5, 5.41) is -0.110. The number of nitrogens with zero attached hydrogens (tertiary/aromatic N) is 2. The number of imidazole rings is 1. The molecule has 0 aliphatic heterocycles. The average Bonchev–Trinajstić information content (AvgIpc) is 2.64. The molecule has 0 saturated carbocycles. The SMILES string of the molecule is NP(N)(=O)Oc1nc2nc(SP(N)(N)=O)[nH+]c(OP(N)(N)=O)c2[nH]1. The molecule has 0 atom stereocenters. The van der Waals surface area contributed by atoms with Crippen LogP contribution in [0.4, 0.5) is 0 Å². The van der Waals surface area contributed by atoms with E-state index in [0.717, 1.165) is 0 Å². The Morgan fingerprint density at radius 3 is 2.04 bits per heavy atom. The van der Waals surface area contributed by atoms with Gasteiger partial charge in [0.15, 0.2) is 0 Å². The van der Waals surface area contributed by atoms with E-state index in [1.807, 2.05) is 0 Å². The highest BCUT2D eigenvalue weighted by atomic mass is 32.7. The molecule has 0 bridgehead atoms. The van der Waals surface area contributed by atoms with Gasteiger partial charge in [0.2, 0.25) is 5.52 Å². The van der Waals surface area contributed by atoms with E-state index >= 15 is 0 Å². The van der Waals surface area contributed by atoms with E-state index in [0.29, 0.717) is 11.4 Å². The van der Waals surface area contributed by atoms with E-state index in [-0.39, 0.29) is 28.2 Å². The molecule has 0 aliphatic rings. The van der Waals surface area contributed by atoms with Gasteiger partial charge in [0, 0.05) is 0 Å². The van der Waals surface area contributed by atoms with Crippen LogP contribution in [0.1, 0.15) is 0 Å². The zero-order valence-electron chi connectivity index (χ0n) is 11.6. The maximum absolute atomic E-state index is 11.5. The van der Waals surface area contributed by atoms with E-state index in [9.17, 15) is 13.7 Å². The van der Waals surface area contributed by atoms with E-state index in [1.54, 1.807) is 0 Å². The predicted octanol–water partition coefficient (Wildman–Crippen LogP) is -1.30. The van der Waals surface area contributed by atoms with Gasteiger partial charge in [-0.3, -0.25) is 20.6 Å². The van der Waals surface area contributed by atoms with Crippen molar-refractivity contribution in [1.29, 1.82) is 0 Å². The van der Waals surface area contributed by atoms with Crippen LogP contribution in [0, 0.1) is 0 Å². The quantitative estimate of drug-likeness (QED) is 0.211. The molecule has 24 heavy (non-hydrogen) atoms. The Hall–Kier alpha value is -1.05. The third-order valence-corrected chi connectivity index (χ3v) is 4.96. The zero-order valence-corrected chi connectivity index (χ0v) is 15.1. The first-order chi connectivity index (χ1) is 10.7. The maximum atomic E-state index is 11.5. The van der Waals surface area contributed by atoms with Crippen molar-refractivity contribution in [2.45, 2.75) is 5.16 Å². The van der Waals surface area contributed by atoms with Gasteiger partial charge < -0.3 is 9.05 Å². The minimum atomic E-state index is -3.99. The summed E-state index contributed by atoms with van der Waals surface area (Å²) >= 11 is 0.472. The van der Waals surface area contributed by atoms with Crippen LogP contribution in [0.3, 0.4) is 0 Å². The molecule has 0 saturated heterocycles. The molecular formula is C5H14N10O5P3S+. The molecule has 15 nitrogen and oxygen atoms in total. The Morgan fingerprint density at radius 1 is 0.958 bits per heavy atom. The Bertz CT molecular complexity index is 913. The van der Waals surface area contributed by atoms with Crippen molar-refractivity contribution < 1.29 is 27.7 Å². The lowest BCUT2D eigenvalue weighted by Crippen LogP contribution is -2.19. The third-order valence-electron chi connectivity index (χ3n) is 2.01. The minimum absolute atomic E-state index is 0.0252. The molecule has 0 spiro atoms. The van der Waals surface area contributed by atoms with Gasteiger partial charge in [0.25, 0.3) is 6.65 Å². The van der Waals surface area contributed by atoms with Crippen LogP contribution in [0.2, 0.25) is 0 Å². The average molecular weight is 419 g/mol. The summed E-state index contributed by atoms with van der Waals surface area (Å²) in [6.45, 7) is -3.58. The van der Waals surface area contributed by atoms with Crippen LogP contribution < -0.4 is 47.1 Å². The van der Waals surface area contributed by atoms with Crippen LogP contribution in [-0.4, -0.2) is 15.0 Å². The van der Waals surface area contributed by atoms with Crippen molar-refractivity contribution in [2.24, 2.45) is 33.0 Å². The largest absolute Gasteiger partial charge is 0.388 e. The Balaban J connectivity index is 2.58. The summed E-state index contributed by atoms with van der Waals surface area (Å²) in [6.07, 6.45) is 0. The van der Waals surface area contributed by atoms with Gasteiger partial charge >= 0.3 is 38.0 Å². The van der Waals surface area contributed by atoms with E-state index < -0.39 is 22.0 Å². The van der Waals surface area contributed by atoms with Crippen LogP contribution >= 0.6 is 33.4 Å². The number of rotatable bonds is 6. The van der Waals surface area contributed by atoms with Gasteiger partial charge in [-0.2, -0.15) is 9.97 Å². The predicted molar refractivity (Wildman–Crippen MR) is 85.5 cm³/mol. The Morgan fingerprint density at radius 2 is 1.54 bits per heavy atom. The molecule has 0 fully saturated rings. The van der Waals surface area contributed by atoms with Crippen molar-refractivity contribution in [3.63, 3.8) is 0 Å². The van der Waals surface area contributed by atoms with Gasteiger partial charge in [0.05, 0.1) is 11.4 Å². The van der Waals surface area contributed by atoms with Crippen LogP contribution in [0.5, 0.6) is 11.9 Å². The fraction of sp³-hybridized carbons (Fsp3) is 0. The van der Waals surface area contributed by atoms with Crippen molar-refractivity contribution in [2.75, 3.05) is 0 Å². The van der Waals surface area contributed by atoms with Gasteiger partial charge in [-0.25, -0.2) is 31.1 Å². The number of aromatic nitrogens is 4.